The molecule has 0 saturated carbocycles. The van der Waals surface area contributed by atoms with Crippen LogP contribution < -0.4 is 9.62 Å². The fourth-order valence-corrected chi connectivity index (χ4v) is 3.89. The van der Waals surface area contributed by atoms with Crippen LogP contribution in [-0.2, 0) is 14.8 Å². The molecule has 1 fully saturated rings. The Bertz CT molecular complexity index is 905. The highest BCUT2D eigenvalue weighted by Crippen LogP contribution is 2.26. The van der Waals surface area contributed by atoms with Crippen molar-refractivity contribution < 1.29 is 17.9 Å². The number of ether oxygens (including phenoxy) is 1. The van der Waals surface area contributed by atoms with Crippen LogP contribution in [0.2, 0.25) is 10.3 Å². The van der Waals surface area contributed by atoms with E-state index in [4.69, 9.17) is 27.9 Å². The maximum atomic E-state index is 12.4. The molecule has 0 unspecified atom stereocenters. The molecule has 1 saturated heterocycles. The average Bonchev–Trinajstić information content (AvgIpc) is 2.92. The second kappa shape index (κ2) is 6.46. The van der Waals surface area contributed by atoms with Crippen LogP contribution in [0.4, 0.5) is 16.2 Å². The molecular formula is C14H11Cl2N3O4S. The third-order valence-corrected chi connectivity index (χ3v) is 5.26. The first kappa shape index (κ1) is 16.8. The Labute approximate surface area is 148 Å². The molecular weight excluding hydrogens is 377 g/mol. The van der Waals surface area contributed by atoms with Crippen LogP contribution in [0.5, 0.6) is 0 Å². The normalized spacial score (nSPS) is 14.6. The van der Waals surface area contributed by atoms with E-state index in [1.807, 2.05) is 0 Å². The van der Waals surface area contributed by atoms with Crippen molar-refractivity contribution in [3.63, 3.8) is 0 Å². The van der Waals surface area contributed by atoms with Crippen molar-refractivity contribution in [2.45, 2.75) is 4.90 Å². The van der Waals surface area contributed by atoms with Crippen LogP contribution in [0.3, 0.4) is 0 Å². The van der Waals surface area contributed by atoms with Gasteiger partial charge in [-0.15, -0.1) is 0 Å². The van der Waals surface area contributed by atoms with Crippen LogP contribution >= 0.6 is 23.2 Å². The zero-order valence-corrected chi connectivity index (χ0v) is 14.4. The SMILES string of the molecule is O=C1OCCN1c1cccc(NS(=O)(=O)c2ccc(Cl)nc2Cl)c1. The maximum absolute atomic E-state index is 12.4. The van der Waals surface area contributed by atoms with Gasteiger partial charge in [0.2, 0.25) is 0 Å². The molecule has 24 heavy (non-hydrogen) atoms. The molecule has 1 aliphatic rings. The van der Waals surface area contributed by atoms with Crippen LogP contribution in [0.15, 0.2) is 41.3 Å². The second-order valence-corrected chi connectivity index (χ2v) is 7.24. The number of aromatic nitrogens is 1. The van der Waals surface area contributed by atoms with E-state index < -0.39 is 16.1 Å². The Kier molecular flexibility index (Phi) is 4.53. The Morgan fingerprint density at radius 1 is 1.21 bits per heavy atom. The molecule has 10 heteroatoms. The average molecular weight is 388 g/mol. The first-order valence-electron chi connectivity index (χ1n) is 6.76. The van der Waals surface area contributed by atoms with E-state index in [-0.39, 0.29) is 20.9 Å². The van der Waals surface area contributed by atoms with Gasteiger partial charge in [0, 0.05) is 5.69 Å². The molecule has 3 rings (SSSR count). The van der Waals surface area contributed by atoms with Crippen molar-refractivity contribution >= 4 is 50.7 Å². The topological polar surface area (TPSA) is 88.6 Å². The number of nitrogens with one attached hydrogen (secondary N) is 1. The van der Waals surface area contributed by atoms with Crippen molar-refractivity contribution in [1.82, 2.24) is 4.98 Å². The zero-order chi connectivity index (χ0) is 17.3. The number of cyclic esters (lactones) is 1. The fourth-order valence-electron chi connectivity index (χ4n) is 2.18. The summed E-state index contributed by atoms with van der Waals surface area (Å²) in [4.78, 5) is 16.5. The van der Waals surface area contributed by atoms with Gasteiger partial charge in [0.15, 0.2) is 5.15 Å². The maximum Gasteiger partial charge on any atom is 0.414 e. The van der Waals surface area contributed by atoms with Crippen molar-refractivity contribution in [3.05, 3.63) is 46.7 Å². The van der Waals surface area contributed by atoms with Crippen molar-refractivity contribution in [1.29, 1.82) is 0 Å². The van der Waals surface area contributed by atoms with Gasteiger partial charge >= 0.3 is 6.09 Å². The van der Waals surface area contributed by atoms with Gasteiger partial charge < -0.3 is 4.74 Å². The Morgan fingerprint density at radius 3 is 2.67 bits per heavy atom. The van der Waals surface area contributed by atoms with E-state index in [0.29, 0.717) is 18.8 Å². The minimum atomic E-state index is -3.95. The number of pyridine rings is 1. The third-order valence-electron chi connectivity index (χ3n) is 3.24. The van der Waals surface area contributed by atoms with E-state index >= 15 is 0 Å². The first-order valence-corrected chi connectivity index (χ1v) is 9.00. The molecule has 2 aromatic rings. The molecule has 1 amide bonds. The lowest BCUT2D eigenvalue weighted by molar-refractivity contribution is 0.181. The summed E-state index contributed by atoms with van der Waals surface area (Å²) in [5, 5.41) is -0.136. The Balaban J connectivity index is 1.89. The summed E-state index contributed by atoms with van der Waals surface area (Å²) < 4.78 is 32.2. The number of amides is 1. The predicted octanol–water partition coefficient (Wildman–Crippen LogP) is 3.15. The lowest BCUT2D eigenvalue weighted by atomic mass is 10.2. The van der Waals surface area contributed by atoms with Gasteiger partial charge in [-0.25, -0.2) is 18.2 Å². The number of carbonyl (C=O) groups is 1. The van der Waals surface area contributed by atoms with Gasteiger partial charge in [-0.3, -0.25) is 9.62 Å². The van der Waals surface area contributed by atoms with Crippen molar-refractivity contribution in [3.8, 4) is 0 Å². The molecule has 2 heterocycles. The minimum absolute atomic E-state index is 0.0912. The summed E-state index contributed by atoms with van der Waals surface area (Å²) in [5.41, 5.74) is 0.802. The molecule has 0 spiro atoms. The van der Waals surface area contributed by atoms with Crippen LogP contribution in [0, 0.1) is 0 Å². The first-order chi connectivity index (χ1) is 11.4. The lowest BCUT2D eigenvalue weighted by Crippen LogP contribution is -2.23. The van der Waals surface area contributed by atoms with Gasteiger partial charge in [-0.2, -0.15) is 0 Å². The molecule has 0 radical (unpaired) electrons. The van der Waals surface area contributed by atoms with Gasteiger partial charge in [-0.1, -0.05) is 29.3 Å². The number of nitrogens with zero attached hydrogens (tertiary/aromatic N) is 2. The minimum Gasteiger partial charge on any atom is -0.447 e. The fraction of sp³-hybridized carbons (Fsp3) is 0.143. The highest BCUT2D eigenvalue weighted by atomic mass is 35.5. The standard InChI is InChI=1S/C14H11Cl2N3O4S/c15-12-5-4-11(13(16)17-12)24(21,22)18-9-2-1-3-10(8-9)19-6-7-23-14(19)20/h1-5,8,18H,6-7H2. The highest BCUT2D eigenvalue weighted by Gasteiger charge is 2.24. The lowest BCUT2D eigenvalue weighted by Gasteiger charge is -2.15. The third kappa shape index (κ3) is 3.40. The van der Waals surface area contributed by atoms with E-state index in [9.17, 15) is 13.2 Å². The van der Waals surface area contributed by atoms with Gasteiger partial charge in [0.05, 0.1) is 12.2 Å². The smallest absolute Gasteiger partial charge is 0.414 e. The summed E-state index contributed by atoms with van der Waals surface area (Å²) in [5.74, 6) is 0. The number of rotatable bonds is 4. The van der Waals surface area contributed by atoms with E-state index in [2.05, 4.69) is 9.71 Å². The molecule has 0 atom stereocenters. The largest absolute Gasteiger partial charge is 0.447 e. The van der Waals surface area contributed by atoms with Gasteiger partial charge in [0.25, 0.3) is 10.0 Å². The molecule has 1 aromatic heterocycles. The molecule has 0 bridgehead atoms. The number of hydrogen-bond acceptors (Lipinski definition) is 5. The molecule has 0 aliphatic carbocycles. The number of carbonyl (C=O) groups excluding carboxylic acids is 1. The Hall–Kier alpha value is -2.03. The van der Waals surface area contributed by atoms with Crippen LogP contribution in [-0.4, -0.2) is 32.6 Å². The monoisotopic (exact) mass is 387 g/mol. The number of benzene rings is 1. The van der Waals surface area contributed by atoms with E-state index in [1.165, 1.54) is 23.1 Å². The zero-order valence-electron chi connectivity index (χ0n) is 12.1. The second-order valence-electron chi connectivity index (χ2n) is 4.84. The quantitative estimate of drug-likeness (QED) is 0.813. The van der Waals surface area contributed by atoms with E-state index in [1.54, 1.807) is 18.2 Å². The molecule has 126 valence electrons. The number of sulfonamides is 1. The van der Waals surface area contributed by atoms with Gasteiger partial charge in [-0.05, 0) is 30.3 Å². The van der Waals surface area contributed by atoms with Crippen LogP contribution in [0.1, 0.15) is 0 Å². The molecule has 1 N–H and O–H groups in total. The summed E-state index contributed by atoms with van der Waals surface area (Å²) in [7, 11) is -3.95. The molecule has 1 aliphatic heterocycles. The molecule has 7 nitrogen and oxygen atoms in total. The van der Waals surface area contributed by atoms with Crippen LogP contribution in [0.25, 0.3) is 0 Å². The number of hydrogen-bond donors (Lipinski definition) is 1. The number of anilines is 2. The highest BCUT2D eigenvalue weighted by molar-refractivity contribution is 7.92. The number of halogens is 2. The summed E-state index contributed by atoms with van der Waals surface area (Å²) >= 11 is 11.5. The summed E-state index contributed by atoms with van der Waals surface area (Å²) in [6.45, 7) is 0.697. The predicted molar refractivity (Wildman–Crippen MR) is 90.2 cm³/mol. The molecule has 1 aromatic carbocycles. The Morgan fingerprint density at radius 2 is 2.00 bits per heavy atom. The van der Waals surface area contributed by atoms with Gasteiger partial charge in [0.1, 0.15) is 16.7 Å². The van der Waals surface area contributed by atoms with E-state index in [0.717, 1.165) is 0 Å². The van der Waals surface area contributed by atoms with Crippen molar-refractivity contribution in [2.75, 3.05) is 22.8 Å². The van der Waals surface area contributed by atoms with Crippen molar-refractivity contribution in [2.24, 2.45) is 0 Å². The summed E-state index contributed by atoms with van der Waals surface area (Å²) in [6.07, 6.45) is -0.472. The summed E-state index contributed by atoms with van der Waals surface area (Å²) in [6, 6.07) is 8.99.